The molecule has 2 aromatic rings. The van der Waals surface area contributed by atoms with Gasteiger partial charge in [0.2, 0.25) is 10.0 Å². The van der Waals surface area contributed by atoms with Gasteiger partial charge in [-0.2, -0.15) is 4.72 Å². The second-order valence-electron chi connectivity index (χ2n) is 4.95. The number of carboxylic acid groups (broad SMARTS) is 1. The molecule has 0 bridgehead atoms. The van der Waals surface area contributed by atoms with Crippen LogP contribution in [0.1, 0.15) is 13.3 Å². The van der Waals surface area contributed by atoms with Crippen molar-refractivity contribution in [2.75, 3.05) is 0 Å². The van der Waals surface area contributed by atoms with E-state index in [4.69, 9.17) is 9.84 Å². The SMILES string of the molecule is CCC(NS(=O)(=O)c1ccc(Oc2ccc(Br)cc2)cc1)C(=O)O. The average molecular weight is 414 g/mol. The van der Waals surface area contributed by atoms with Crippen LogP contribution < -0.4 is 9.46 Å². The van der Waals surface area contributed by atoms with Gasteiger partial charge in [-0.05, 0) is 55.0 Å². The molecular formula is C16H16BrNO5S. The van der Waals surface area contributed by atoms with E-state index in [9.17, 15) is 13.2 Å². The maximum atomic E-state index is 12.2. The Bertz CT molecular complexity index is 803. The van der Waals surface area contributed by atoms with E-state index in [2.05, 4.69) is 20.7 Å². The van der Waals surface area contributed by atoms with Crippen molar-refractivity contribution in [2.45, 2.75) is 24.3 Å². The summed E-state index contributed by atoms with van der Waals surface area (Å²) in [5.74, 6) is -0.123. The molecule has 0 radical (unpaired) electrons. The minimum absolute atomic E-state index is 0.0228. The third-order valence-electron chi connectivity index (χ3n) is 3.19. The average Bonchev–Trinajstić information content (AvgIpc) is 2.55. The second kappa shape index (κ2) is 7.78. The third-order valence-corrected chi connectivity index (χ3v) is 5.20. The van der Waals surface area contributed by atoms with Crippen LogP contribution in [0.2, 0.25) is 0 Å². The Morgan fingerprint density at radius 1 is 1.12 bits per heavy atom. The van der Waals surface area contributed by atoms with E-state index in [0.717, 1.165) is 4.47 Å². The maximum Gasteiger partial charge on any atom is 0.321 e. The van der Waals surface area contributed by atoms with Crippen LogP contribution in [0.5, 0.6) is 11.5 Å². The van der Waals surface area contributed by atoms with Gasteiger partial charge >= 0.3 is 5.97 Å². The maximum absolute atomic E-state index is 12.2. The van der Waals surface area contributed by atoms with Gasteiger partial charge in [0.05, 0.1) is 4.90 Å². The predicted molar refractivity (Wildman–Crippen MR) is 92.7 cm³/mol. The van der Waals surface area contributed by atoms with Crippen molar-refractivity contribution >= 4 is 31.9 Å². The summed E-state index contributed by atoms with van der Waals surface area (Å²) in [6, 6.07) is 11.8. The summed E-state index contributed by atoms with van der Waals surface area (Å²) >= 11 is 3.33. The van der Waals surface area contributed by atoms with Gasteiger partial charge in [0.15, 0.2) is 0 Å². The molecular weight excluding hydrogens is 398 g/mol. The minimum atomic E-state index is -3.90. The molecule has 2 rings (SSSR count). The highest BCUT2D eigenvalue weighted by atomic mass is 79.9. The number of sulfonamides is 1. The van der Waals surface area contributed by atoms with Crippen LogP contribution in [0.4, 0.5) is 0 Å². The number of carbonyl (C=O) groups is 1. The molecule has 6 nitrogen and oxygen atoms in total. The summed E-state index contributed by atoms with van der Waals surface area (Å²) in [7, 11) is -3.90. The number of hydrogen-bond acceptors (Lipinski definition) is 4. The normalized spacial score (nSPS) is 12.6. The molecule has 0 aliphatic rings. The van der Waals surface area contributed by atoms with E-state index >= 15 is 0 Å². The Hall–Kier alpha value is -1.90. The van der Waals surface area contributed by atoms with Gasteiger partial charge in [0, 0.05) is 4.47 Å². The summed E-state index contributed by atoms with van der Waals surface area (Å²) < 4.78 is 33.1. The van der Waals surface area contributed by atoms with Gasteiger partial charge in [-0.3, -0.25) is 4.79 Å². The number of carboxylic acids is 1. The summed E-state index contributed by atoms with van der Waals surface area (Å²) in [6.45, 7) is 1.59. The number of hydrogen-bond donors (Lipinski definition) is 2. The largest absolute Gasteiger partial charge is 0.480 e. The van der Waals surface area contributed by atoms with Gasteiger partial charge in [-0.15, -0.1) is 0 Å². The van der Waals surface area contributed by atoms with Crippen LogP contribution in [-0.4, -0.2) is 25.5 Å². The molecule has 1 atom stereocenters. The van der Waals surface area contributed by atoms with E-state index in [1.165, 1.54) is 24.3 Å². The first-order valence-electron chi connectivity index (χ1n) is 7.10. The second-order valence-corrected chi connectivity index (χ2v) is 7.58. The molecule has 0 heterocycles. The Morgan fingerprint density at radius 3 is 2.08 bits per heavy atom. The molecule has 0 spiro atoms. The van der Waals surface area contributed by atoms with Crippen molar-refractivity contribution in [3.8, 4) is 11.5 Å². The quantitative estimate of drug-likeness (QED) is 0.725. The topological polar surface area (TPSA) is 92.7 Å². The smallest absolute Gasteiger partial charge is 0.321 e. The lowest BCUT2D eigenvalue weighted by Gasteiger charge is -2.13. The highest BCUT2D eigenvalue weighted by Gasteiger charge is 2.23. The van der Waals surface area contributed by atoms with Crippen molar-refractivity contribution < 1.29 is 23.1 Å². The predicted octanol–water partition coefficient (Wildman–Crippen LogP) is 3.38. The third kappa shape index (κ3) is 4.80. The number of nitrogens with one attached hydrogen (secondary N) is 1. The van der Waals surface area contributed by atoms with Crippen LogP contribution in [0.3, 0.4) is 0 Å². The van der Waals surface area contributed by atoms with Crippen LogP contribution in [0.15, 0.2) is 57.9 Å². The first-order valence-corrected chi connectivity index (χ1v) is 9.38. The summed E-state index contributed by atoms with van der Waals surface area (Å²) in [5, 5.41) is 8.96. The van der Waals surface area contributed by atoms with Gasteiger partial charge in [-0.25, -0.2) is 8.42 Å². The molecule has 0 aromatic heterocycles. The fraction of sp³-hybridized carbons (Fsp3) is 0.188. The molecule has 24 heavy (non-hydrogen) atoms. The summed E-state index contributed by atoms with van der Waals surface area (Å²) in [4.78, 5) is 10.9. The molecule has 128 valence electrons. The molecule has 0 aliphatic heterocycles. The van der Waals surface area contributed by atoms with Crippen LogP contribution >= 0.6 is 15.9 Å². The zero-order valence-corrected chi connectivity index (χ0v) is 15.2. The molecule has 1 unspecified atom stereocenters. The van der Waals surface area contributed by atoms with Gasteiger partial charge in [0.25, 0.3) is 0 Å². The molecule has 0 amide bonds. The number of ether oxygens (including phenoxy) is 1. The fourth-order valence-electron chi connectivity index (χ4n) is 1.89. The van der Waals surface area contributed by atoms with Crippen molar-refractivity contribution in [3.05, 3.63) is 53.0 Å². The van der Waals surface area contributed by atoms with Gasteiger partial charge in [-0.1, -0.05) is 22.9 Å². The van der Waals surface area contributed by atoms with Crippen molar-refractivity contribution in [2.24, 2.45) is 0 Å². The number of rotatable bonds is 7. The van der Waals surface area contributed by atoms with E-state index in [1.54, 1.807) is 19.1 Å². The molecule has 2 N–H and O–H groups in total. The van der Waals surface area contributed by atoms with Crippen molar-refractivity contribution in [1.82, 2.24) is 4.72 Å². The minimum Gasteiger partial charge on any atom is -0.480 e. The number of aliphatic carboxylic acids is 1. The lowest BCUT2D eigenvalue weighted by Crippen LogP contribution is -2.40. The number of halogens is 1. The van der Waals surface area contributed by atoms with Crippen LogP contribution in [0, 0.1) is 0 Å². The van der Waals surface area contributed by atoms with E-state index in [0.29, 0.717) is 11.5 Å². The first-order chi connectivity index (χ1) is 11.3. The molecule has 0 fully saturated rings. The fourth-order valence-corrected chi connectivity index (χ4v) is 3.43. The lowest BCUT2D eigenvalue weighted by molar-refractivity contribution is -0.139. The zero-order chi connectivity index (χ0) is 17.7. The highest BCUT2D eigenvalue weighted by Crippen LogP contribution is 2.24. The first kappa shape index (κ1) is 18.4. The Balaban J connectivity index is 2.13. The summed E-state index contributed by atoms with van der Waals surface area (Å²) in [6.07, 6.45) is 0.152. The van der Waals surface area contributed by atoms with Gasteiger partial charge < -0.3 is 9.84 Å². The highest BCUT2D eigenvalue weighted by molar-refractivity contribution is 9.10. The standard InChI is InChI=1S/C16H16BrNO5S/c1-2-15(16(19)20)18-24(21,22)14-9-7-13(8-10-14)23-12-5-3-11(17)4-6-12/h3-10,15,18H,2H2,1H3,(H,19,20). The Kier molecular flexibility index (Phi) is 5.98. The van der Waals surface area contributed by atoms with E-state index in [1.807, 2.05) is 12.1 Å². The van der Waals surface area contributed by atoms with E-state index < -0.39 is 22.0 Å². The molecule has 0 saturated heterocycles. The van der Waals surface area contributed by atoms with E-state index in [-0.39, 0.29) is 11.3 Å². The molecule has 0 aliphatic carbocycles. The Labute approximate surface area is 148 Å². The van der Waals surface area contributed by atoms with Crippen LogP contribution in [-0.2, 0) is 14.8 Å². The zero-order valence-electron chi connectivity index (χ0n) is 12.8. The summed E-state index contributed by atoms with van der Waals surface area (Å²) in [5.41, 5.74) is 0. The van der Waals surface area contributed by atoms with Gasteiger partial charge in [0.1, 0.15) is 17.5 Å². The molecule has 0 saturated carbocycles. The van der Waals surface area contributed by atoms with Crippen LogP contribution in [0.25, 0.3) is 0 Å². The molecule has 2 aromatic carbocycles. The molecule has 8 heteroatoms. The monoisotopic (exact) mass is 413 g/mol. The van der Waals surface area contributed by atoms with Crippen molar-refractivity contribution in [3.63, 3.8) is 0 Å². The number of benzene rings is 2. The Morgan fingerprint density at radius 2 is 1.62 bits per heavy atom. The lowest BCUT2D eigenvalue weighted by atomic mass is 10.2. The van der Waals surface area contributed by atoms with Crippen molar-refractivity contribution in [1.29, 1.82) is 0 Å².